The van der Waals surface area contributed by atoms with Crippen LogP contribution in [0.2, 0.25) is 0 Å². The van der Waals surface area contributed by atoms with Gasteiger partial charge in [-0.05, 0) is 43.6 Å². The first-order valence-electron chi connectivity index (χ1n) is 13.2. The SMILES string of the molecule is CCCCCC(=O)O[C@]1(C(=O)CCl)[C@H](C)C[C@H]2[C@@H]3C[C@H](F)C4=C(F)C(=O)C=C[C@]4(C)[C@H]3[C@@H](O)C[C@@]21C. The van der Waals surface area contributed by atoms with Crippen LogP contribution < -0.4 is 0 Å². The molecule has 0 spiro atoms. The topological polar surface area (TPSA) is 80.7 Å². The molecule has 0 aliphatic heterocycles. The predicted molar refractivity (Wildman–Crippen MR) is 132 cm³/mol. The molecule has 0 heterocycles. The second kappa shape index (κ2) is 9.61. The summed E-state index contributed by atoms with van der Waals surface area (Å²) in [6, 6.07) is 0. The molecular weight excluding hydrogens is 490 g/mol. The molecule has 3 saturated carbocycles. The first kappa shape index (κ1) is 27.4. The molecule has 8 heteroatoms. The van der Waals surface area contributed by atoms with Crippen LogP contribution in [-0.2, 0) is 19.1 Å². The zero-order valence-electron chi connectivity index (χ0n) is 21.5. The van der Waals surface area contributed by atoms with Crippen LogP contribution in [0.1, 0.15) is 72.6 Å². The highest BCUT2D eigenvalue weighted by molar-refractivity contribution is 6.29. The van der Waals surface area contributed by atoms with Crippen molar-refractivity contribution in [2.75, 3.05) is 5.88 Å². The van der Waals surface area contributed by atoms with Crippen molar-refractivity contribution in [3.05, 3.63) is 23.6 Å². The van der Waals surface area contributed by atoms with E-state index in [0.29, 0.717) is 12.8 Å². The maximum Gasteiger partial charge on any atom is 0.306 e. The molecular formula is C28H37ClF2O5. The molecule has 0 saturated heterocycles. The number of alkyl halides is 2. The van der Waals surface area contributed by atoms with Gasteiger partial charge in [-0.2, -0.15) is 0 Å². The van der Waals surface area contributed by atoms with Crippen LogP contribution in [-0.4, -0.2) is 46.4 Å². The number of allylic oxidation sites excluding steroid dienone is 4. The van der Waals surface area contributed by atoms with E-state index in [2.05, 4.69) is 0 Å². The van der Waals surface area contributed by atoms with E-state index in [1.165, 1.54) is 6.08 Å². The molecule has 200 valence electrons. The number of aliphatic hydroxyl groups is 1. The summed E-state index contributed by atoms with van der Waals surface area (Å²) >= 11 is 6.08. The van der Waals surface area contributed by atoms with Crippen molar-refractivity contribution < 1.29 is 33.0 Å². The number of ketones is 2. The summed E-state index contributed by atoms with van der Waals surface area (Å²) in [5.74, 6) is -4.72. The fourth-order valence-corrected chi connectivity index (χ4v) is 8.67. The maximum absolute atomic E-state index is 15.6. The smallest absolute Gasteiger partial charge is 0.306 e. The van der Waals surface area contributed by atoms with Crippen LogP contribution >= 0.6 is 11.6 Å². The number of unbranched alkanes of at least 4 members (excludes halogenated alkanes) is 2. The minimum absolute atomic E-state index is 0.0657. The molecule has 4 aliphatic rings. The van der Waals surface area contributed by atoms with Crippen molar-refractivity contribution in [2.45, 2.75) is 90.5 Å². The minimum Gasteiger partial charge on any atom is -0.450 e. The lowest BCUT2D eigenvalue weighted by Gasteiger charge is -2.60. The second-order valence-electron chi connectivity index (χ2n) is 11.8. The Hall–Kier alpha value is -1.60. The summed E-state index contributed by atoms with van der Waals surface area (Å²) in [6.45, 7) is 7.42. The summed E-state index contributed by atoms with van der Waals surface area (Å²) in [4.78, 5) is 38.5. The van der Waals surface area contributed by atoms with E-state index in [1.54, 1.807) is 6.92 Å². The van der Waals surface area contributed by atoms with E-state index >= 15 is 4.39 Å². The fourth-order valence-electron chi connectivity index (χ4n) is 8.47. The Bertz CT molecular complexity index is 1010. The Morgan fingerprint density at radius 2 is 1.94 bits per heavy atom. The minimum atomic E-state index is -1.69. The first-order valence-corrected chi connectivity index (χ1v) is 13.7. The van der Waals surface area contributed by atoms with Crippen LogP contribution in [0.15, 0.2) is 23.6 Å². The van der Waals surface area contributed by atoms with E-state index < -0.39 is 63.9 Å². The first-order chi connectivity index (χ1) is 16.9. The number of hydrogen-bond donors (Lipinski definition) is 1. The molecule has 0 unspecified atom stereocenters. The molecule has 4 aliphatic carbocycles. The maximum atomic E-state index is 15.6. The van der Waals surface area contributed by atoms with Crippen molar-refractivity contribution in [3.8, 4) is 0 Å². The summed E-state index contributed by atoms with van der Waals surface area (Å²) in [6.07, 6.45) is 3.12. The Morgan fingerprint density at radius 3 is 2.58 bits per heavy atom. The summed E-state index contributed by atoms with van der Waals surface area (Å²) in [7, 11) is 0. The number of aliphatic hydroxyl groups excluding tert-OH is 1. The van der Waals surface area contributed by atoms with Crippen LogP contribution in [0, 0.1) is 34.5 Å². The van der Waals surface area contributed by atoms with E-state index in [1.807, 2.05) is 20.8 Å². The summed E-state index contributed by atoms with van der Waals surface area (Å²) in [5.41, 5.74) is -3.84. The van der Waals surface area contributed by atoms with Gasteiger partial charge in [-0.1, -0.05) is 46.6 Å². The van der Waals surface area contributed by atoms with Crippen molar-refractivity contribution in [2.24, 2.45) is 34.5 Å². The number of hydrogen-bond acceptors (Lipinski definition) is 5. The summed E-state index contributed by atoms with van der Waals surface area (Å²) < 4.78 is 36.6. The number of ether oxygens (including phenoxy) is 1. The Labute approximate surface area is 216 Å². The standard InChI is InChI=1S/C28H37ClF2O5/c1-5-6-7-8-22(35)36-28(21(34)14-29)15(2)11-17-16-12-18(30)24-25(31)19(32)9-10-26(24,3)23(16)20(33)13-27(17,28)4/h9-10,15-18,20,23,33H,5-8,11-14H2,1-4H3/t15-,16+,17+,18+,20+,23-,26-,27+,28+/m1/s1. The van der Waals surface area contributed by atoms with Gasteiger partial charge in [0.1, 0.15) is 6.17 Å². The van der Waals surface area contributed by atoms with E-state index in [9.17, 15) is 23.9 Å². The zero-order valence-corrected chi connectivity index (χ0v) is 22.2. The lowest BCUT2D eigenvalue weighted by molar-refractivity contribution is -0.204. The monoisotopic (exact) mass is 526 g/mol. The van der Waals surface area contributed by atoms with Crippen LogP contribution in [0.3, 0.4) is 0 Å². The average Bonchev–Trinajstić information content (AvgIpc) is 3.03. The second-order valence-corrected chi connectivity index (χ2v) is 12.0. The zero-order chi connectivity index (χ0) is 26.6. The van der Waals surface area contributed by atoms with E-state index in [-0.39, 0.29) is 42.6 Å². The van der Waals surface area contributed by atoms with Crippen LogP contribution in [0.25, 0.3) is 0 Å². The molecule has 4 rings (SSSR count). The predicted octanol–water partition coefficient (Wildman–Crippen LogP) is 5.43. The lowest BCUT2D eigenvalue weighted by atomic mass is 9.45. The number of esters is 1. The number of Topliss-reactive ketones (excluding diaryl/α,β-unsaturated/α-hetero) is 1. The molecule has 1 N–H and O–H groups in total. The Kier molecular flexibility index (Phi) is 7.32. The third kappa shape index (κ3) is 3.74. The summed E-state index contributed by atoms with van der Waals surface area (Å²) in [5, 5.41) is 11.6. The van der Waals surface area contributed by atoms with Gasteiger partial charge in [0.25, 0.3) is 0 Å². The van der Waals surface area contributed by atoms with E-state index in [4.69, 9.17) is 16.3 Å². The van der Waals surface area contributed by atoms with Crippen molar-refractivity contribution >= 4 is 29.1 Å². The van der Waals surface area contributed by atoms with Gasteiger partial charge in [-0.15, -0.1) is 11.6 Å². The van der Waals surface area contributed by atoms with Crippen molar-refractivity contribution in [3.63, 3.8) is 0 Å². The number of rotatable bonds is 7. The van der Waals surface area contributed by atoms with Gasteiger partial charge >= 0.3 is 5.97 Å². The van der Waals surface area contributed by atoms with Gasteiger partial charge in [0.2, 0.25) is 5.78 Å². The molecule has 9 atom stereocenters. The van der Waals surface area contributed by atoms with Gasteiger partial charge in [0.05, 0.1) is 12.0 Å². The Morgan fingerprint density at radius 1 is 1.25 bits per heavy atom. The van der Waals surface area contributed by atoms with Crippen LogP contribution in [0.5, 0.6) is 0 Å². The number of carbonyl (C=O) groups is 3. The number of fused-ring (bicyclic) bond motifs is 5. The normalized spacial score (nSPS) is 43.6. The molecule has 5 nitrogen and oxygen atoms in total. The van der Waals surface area contributed by atoms with Gasteiger partial charge in [0.15, 0.2) is 17.2 Å². The van der Waals surface area contributed by atoms with Crippen LogP contribution in [0.4, 0.5) is 8.78 Å². The molecule has 0 amide bonds. The third-order valence-corrected chi connectivity index (χ3v) is 10.1. The molecule has 0 aromatic carbocycles. The largest absolute Gasteiger partial charge is 0.450 e. The highest BCUT2D eigenvalue weighted by Crippen LogP contribution is 2.69. The van der Waals surface area contributed by atoms with Crippen molar-refractivity contribution in [1.29, 1.82) is 0 Å². The highest BCUT2D eigenvalue weighted by Gasteiger charge is 2.73. The van der Waals surface area contributed by atoms with E-state index in [0.717, 1.165) is 18.9 Å². The molecule has 0 bridgehead atoms. The number of halogens is 3. The molecule has 3 fully saturated rings. The molecule has 0 radical (unpaired) electrons. The third-order valence-electron chi connectivity index (χ3n) is 9.89. The van der Waals surface area contributed by atoms with Gasteiger partial charge < -0.3 is 9.84 Å². The number of carbonyl (C=O) groups excluding carboxylic acids is 3. The molecule has 0 aromatic rings. The van der Waals surface area contributed by atoms with Gasteiger partial charge in [-0.25, -0.2) is 8.78 Å². The molecule has 36 heavy (non-hydrogen) atoms. The Balaban J connectivity index is 1.76. The van der Waals surface area contributed by atoms with Crippen molar-refractivity contribution in [1.82, 2.24) is 0 Å². The molecule has 0 aromatic heterocycles. The highest BCUT2D eigenvalue weighted by atomic mass is 35.5. The average molecular weight is 527 g/mol. The fraction of sp³-hybridized carbons (Fsp3) is 0.750. The van der Waals surface area contributed by atoms with Gasteiger partial charge in [-0.3, -0.25) is 14.4 Å². The van der Waals surface area contributed by atoms with Gasteiger partial charge in [0, 0.05) is 34.7 Å². The lowest BCUT2D eigenvalue weighted by Crippen LogP contribution is -2.64. The quantitative estimate of drug-likeness (QED) is 0.272.